The predicted molar refractivity (Wildman–Crippen MR) is 101 cm³/mol. The molecule has 0 unspecified atom stereocenters. The fraction of sp³-hybridized carbons (Fsp3) is 0.500. The van der Waals surface area contributed by atoms with Crippen molar-refractivity contribution < 1.29 is 23.5 Å². The van der Waals surface area contributed by atoms with Gasteiger partial charge in [-0.05, 0) is 57.9 Å². The van der Waals surface area contributed by atoms with E-state index in [4.69, 9.17) is 13.9 Å². The predicted octanol–water partition coefficient (Wildman–Crippen LogP) is 3.64. The topological polar surface area (TPSA) is 94.8 Å². The highest BCUT2D eigenvalue weighted by atomic mass is 16.6. The van der Waals surface area contributed by atoms with E-state index in [-0.39, 0.29) is 12.0 Å². The minimum atomic E-state index is -0.501. The molecule has 1 saturated heterocycles. The first-order valence-electron chi connectivity index (χ1n) is 9.27. The van der Waals surface area contributed by atoms with Crippen LogP contribution in [0.2, 0.25) is 0 Å². The van der Waals surface area contributed by atoms with Crippen LogP contribution in [0.1, 0.15) is 55.8 Å². The highest BCUT2D eigenvalue weighted by Crippen LogP contribution is 2.30. The molecule has 1 aliphatic heterocycles. The molecule has 1 amide bonds. The molecule has 2 aromatic rings. The van der Waals surface area contributed by atoms with Gasteiger partial charge in [0.1, 0.15) is 5.60 Å². The number of ether oxygens (including phenoxy) is 2. The lowest BCUT2D eigenvalue weighted by Crippen LogP contribution is -2.41. The highest BCUT2D eigenvalue weighted by Gasteiger charge is 2.30. The van der Waals surface area contributed by atoms with Gasteiger partial charge in [-0.25, -0.2) is 9.59 Å². The lowest BCUT2D eigenvalue weighted by Gasteiger charge is -2.32. The van der Waals surface area contributed by atoms with E-state index in [2.05, 4.69) is 10.2 Å². The van der Waals surface area contributed by atoms with Crippen molar-refractivity contribution in [1.29, 1.82) is 0 Å². The second-order valence-electron chi connectivity index (χ2n) is 7.76. The number of rotatable bonds is 3. The number of esters is 1. The molecule has 8 nitrogen and oxygen atoms in total. The molecule has 0 atom stereocenters. The molecule has 0 aliphatic carbocycles. The van der Waals surface area contributed by atoms with Crippen LogP contribution in [0, 0.1) is 0 Å². The van der Waals surface area contributed by atoms with Crippen LogP contribution in [0.5, 0.6) is 0 Å². The smallest absolute Gasteiger partial charge is 0.410 e. The van der Waals surface area contributed by atoms with E-state index >= 15 is 0 Å². The van der Waals surface area contributed by atoms with Crippen molar-refractivity contribution in [3.63, 3.8) is 0 Å². The average Bonchev–Trinajstić information content (AvgIpc) is 3.16. The van der Waals surface area contributed by atoms with Gasteiger partial charge >= 0.3 is 12.1 Å². The first-order chi connectivity index (χ1) is 13.3. The van der Waals surface area contributed by atoms with E-state index in [9.17, 15) is 9.59 Å². The molecular weight excluding hydrogens is 362 g/mol. The molecular formula is C20H25N3O5. The Bertz CT molecular complexity index is 830. The van der Waals surface area contributed by atoms with E-state index in [1.807, 2.05) is 20.8 Å². The lowest BCUT2D eigenvalue weighted by molar-refractivity contribution is 0.0199. The number of piperidine rings is 1. The summed E-state index contributed by atoms with van der Waals surface area (Å²) in [5, 5.41) is 8.30. The second kappa shape index (κ2) is 8.00. The number of carbonyl (C=O) groups is 2. The highest BCUT2D eigenvalue weighted by molar-refractivity contribution is 5.89. The third-order valence-corrected chi connectivity index (χ3v) is 4.49. The zero-order valence-corrected chi connectivity index (χ0v) is 16.6. The number of carbonyl (C=O) groups excluding carboxylic acids is 2. The van der Waals surface area contributed by atoms with Gasteiger partial charge in [0.05, 0.1) is 12.7 Å². The SMILES string of the molecule is COC(=O)c1ccc(-c2nnc(C3CCN(C(=O)OC(C)(C)C)CC3)o2)cc1. The van der Waals surface area contributed by atoms with E-state index in [0.717, 1.165) is 18.4 Å². The van der Waals surface area contributed by atoms with Crippen molar-refractivity contribution in [2.45, 2.75) is 45.1 Å². The van der Waals surface area contributed by atoms with Gasteiger partial charge in [-0.15, -0.1) is 10.2 Å². The minimum absolute atomic E-state index is 0.106. The molecule has 2 heterocycles. The largest absolute Gasteiger partial charge is 0.465 e. The average molecular weight is 387 g/mol. The van der Waals surface area contributed by atoms with Crippen LogP contribution in [0.25, 0.3) is 11.5 Å². The lowest BCUT2D eigenvalue weighted by atomic mass is 9.97. The van der Waals surface area contributed by atoms with Gasteiger partial charge in [-0.3, -0.25) is 0 Å². The number of benzene rings is 1. The number of nitrogens with zero attached hydrogens (tertiary/aromatic N) is 3. The summed E-state index contributed by atoms with van der Waals surface area (Å²) in [6, 6.07) is 6.80. The van der Waals surface area contributed by atoms with E-state index < -0.39 is 11.6 Å². The van der Waals surface area contributed by atoms with Crippen LogP contribution in [-0.2, 0) is 9.47 Å². The molecule has 8 heteroatoms. The van der Waals surface area contributed by atoms with E-state index in [1.54, 1.807) is 29.2 Å². The van der Waals surface area contributed by atoms with Crippen molar-refractivity contribution in [3.05, 3.63) is 35.7 Å². The van der Waals surface area contributed by atoms with Crippen molar-refractivity contribution in [2.24, 2.45) is 0 Å². The monoisotopic (exact) mass is 387 g/mol. The van der Waals surface area contributed by atoms with Crippen molar-refractivity contribution >= 4 is 12.1 Å². The number of amides is 1. The van der Waals surface area contributed by atoms with Gasteiger partial charge in [0.2, 0.25) is 11.8 Å². The summed E-state index contributed by atoms with van der Waals surface area (Å²) < 4.78 is 15.9. The normalized spacial score (nSPS) is 15.4. The maximum atomic E-state index is 12.2. The Hall–Kier alpha value is -2.90. The number of hydrogen-bond acceptors (Lipinski definition) is 7. The van der Waals surface area contributed by atoms with Crippen LogP contribution in [0.3, 0.4) is 0 Å². The fourth-order valence-electron chi connectivity index (χ4n) is 3.02. The Morgan fingerprint density at radius 3 is 2.32 bits per heavy atom. The quantitative estimate of drug-likeness (QED) is 0.742. The molecule has 3 rings (SSSR count). The van der Waals surface area contributed by atoms with Crippen molar-refractivity contribution in [2.75, 3.05) is 20.2 Å². The third-order valence-electron chi connectivity index (χ3n) is 4.49. The number of likely N-dealkylation sites (tertiary alicyclic amines) is 1. The van der Waals surface area contributed by atoms with Crippen molar-refractivity contribution in [1.82, 2.24) is 15.1 Å². The first-order valence-corrected chi connectivity index (χ1v) is 9.27. The summed E-state index contributed by atoms with van der Waals surface area (Å²) in [5.74, 6) is 0.681. The van der Waals surface area contributed by atoms with Crippen LogP contribution >= 0.6 is 0 Å². The van der Waals surface area contributed by atoms with Gasteiger partial charge in [0.25, 0.3) is 0 Å². The molecule has 28 heavy (non-hydrogen) atoms. The first kappa shape index (κ1) is 19.9. The Morgan fingerprint density at radius 1 is 1.11 bits per heavy atom. The maximum Gasteiger partial charge on any atom is 0.410 e. The molecule has 1 aliphatic rings. The molecule has 1 aromatic heterocycles. The third kappa shape index (κ3) is 4.68. The molecule has 0 saturated carbocycles. The Morgan fingerprint density at radius 2 is 1.75 bits per heavy atom. The van der Waals surface area contributed by atoms with Gasteiger partial charge < -0.3 is 18.8 Å². The molecule has 0 N–H and O–H groups in total. The summed E-state index contributed by atoms with van der Waals surface area (Å²) in [6.07, 6.45) is 1.19. The standard InChI is InChI=1S/C20H25N3O5/c1-20(2,3)28-19(25)23-11-9-14(10-12-23)17-22-21-16(27-17)13-5-7-15(8-6-13)18(24)26-4/h5-8,14H,9-12H2,1-4H3. The number of aromatic nitrogens is 2. The summed E-state index contributed by atoms with van der Waals surface area (Å²) >= 11 is 0. The van der Waals surface area contributed by atoms with Gasteiger partial charge in [0.15, 0.2) is 0 Å². The molecule has 1 fully saturated rings. The Balaban J connectivity index is 1.61. The molecule has 1 aromatic carbocycles. The summed E-state index contributed by atoms with van der Waals surface area (Å²) in [4.78, 5) is 25.4. The molecule has 0 bridgehead atoms. The van der Waals surface area contributed by atoms with Gasteiger partial charge in [-0.2, -0.15) is 0 Å². The maximum absolute atomic E-state index is 12.2. The Kier molecular flexibility index (Phi) is 5.67. The summed E-state index contributed by atoms with van der Waals surface area (Å²) in [6.45, 7) is 6.75. The number of methoxy groups -OCH3 is 1. The molecule has 0 spiro atoms. The van der Waals surface area contributed by atoms with Crippen molar-refractivity contribution in [3.8, 4) is 11.5 Å². The summed E-state index contributed by atoms with van der Waals surface area (Å²) in [7, 11) is 1.34. The number of hydrogen-bond donors (Lipinski definition) is 0. The van der Waals surface area contributed by atoms with Crippen LogP contribution in [0.15, 0.2) is 28.7 Å². The van der Waals surface area contributed by atoms with Gasteiger partial charge in [-0.1, -0.05) is 0 Å². The second-order valence-corrected chi connectivity index (χ2v) is 7.76. The zero-order chi connectivity index (χ0) is 20.3. The summed E-state index contributed by atoms with van der Waals surface area (Å²) in [5.41, 5.74) is 0.691. The van der Waals surface area contributed by atoms with Crippen LogP contribution in [0.4, 0.5) is 4.79 Å². The van der Waals surface area contributed by atoms with Gasteiger partial charge in [0, 0.05) is 24.6 Å². The van der Waals surface area contributed by atoms with Crippen LogP contribution < -0.4 is 0 Å². The van der Waals surface area contributed by atoms with E-state index in [1.165, 1.54) is 7.11 Å². The minimum Gasteiger partial charge on any atom is -0.465 e. The Labute approximate surface area is 163 Å². The van der Waals surface area contributed by atoms with E-state index in [0.29, 0.717) is 30.4 Å². The zero-order valence-electron chi connectivity index (χ0n) is 16.6. The molecule has 0 radical (unpaired) electrons. The fourth-order valence-corrected chi connectivity index (χ4v) is 3.02. The molecule has 150 valence electrons. The van der Waals surface area contributed by atoms with Crippen LogP contribution in [-0.4, -0.2) is 53.0 Å².